The van der Waals surface area contributed by atoms with Crippen LogP contribution in [0.15, 0.2) is 45.7 Å². The number of hydrogen-bond acceptors (Lipinski definition) is 5. The normalized spacial score (nSPS) is 17.0. The standard InChI is InChI=1S/C20H18ClNO4S2/c1-11(2)8-15(19(24)25)22-18(23)17(28-20(22)27)10-14-6-7-16(26-14)12-4-3-5-13(21)9-12/h3-7,9-11,15H,8H2,1-2H3,(H,24,25)/b17-10+. The number of carboxylic acid groups (broad SMARTS) is 1. The number of rotatable bonds is 6. The van der Waals surface area contributed by atoms with Gasteiger partial charge in [0, 0.05) is 16.7 Å². The van der Waals surface area contributed by atoms with Crippen LogP contribution in [0, 0.1) is 5.92 Å². The second-order valence-corrected chi connectivity index (χ2v) is 8.86. The van der Waals surface area contributed by atoms with Gasteiger partial charge >= 0.3 is 5.97 Å². The lowest BCUT2D eigenvalue weighted by molar-refractivity contribution is -0.145. The molecule has 146 valence electrons. The predicted octanol–water partition coefficient (Wildman–Crippen LogP) is 5.30. The molecule has 1 amide bonds. The lowest BCUT2D eigenvalue weighted by Crippen LogP contribution is -2.44. The Balaban J connectivity index is 1.85. The van der Waals surface area contributed by atoms with Gasteiger partial charge in [0.2, 0.25) is 0 Å². The topological polar surface area (TPSA) is 70.8 Å². The molecule has 0 aliphatic carbocycles. The number of benzene rings is 1. The number of carbonyl (C=O) groups excluding carboxylic acids is 1. The zero-order valence-corrected chi connectivity index (χ0v) is 17.6. The van der Waals surface area contributed by atoms with Gasteiger partial charge in [-0.05, 0) is 36.6 Å². The first-order chi connectivity index (χ1) is 13.3. The predicted molar refractivity (Wildman–Crippen MR) is 115 cm³/mol. The second-order valence-electron chi connectivity index (χ2n) is 6.75. The second kappa shape index (κ2) is 8.51. The monoisotopic (exact) mass is 435 g/mol. The van der Waals surface area contributed by atoms with Crippen molar-refractivity contribution in [1.82, 2.24) is 4.90 Å². The molecule has 1 aromatic carbocycles. The molecule has 1 unspecified atom stereocenters. The smallest absolute Gasteiger partial charge is 0.326 e. The third-order valence-corrected chi connectivity index (χ3v) is 5.69. The maximum absolute atomic E-state index is 12.8. The van der Waals surface area contributed by atoms with E-state index < -0.39 is 17.9 Å². The number of carbonyl (C=O) groups is 2. The highest BCUT2D eigenvalue weighted by Crippen LogP contribution is 2.36. The number of halogens is 1. The van der Waals surface area contributed by atoms with E-state index in [0.717, 1.165) is 17.3 Å². The van der Waals surface area contributed by atoms with Crippen molar-refractivity contribution in [2.24, 2.45) is 5.92 Å². The highest BCUT2D eigenvalue weighted by atomic mass is 35.5. The van der Waals surface area contributed by atoms with Gasteiger partial charge in [0.05, 0.1) is 4.91 Å². The number of amides is 1. The van der Waals surface area contributed by atoms with Crippen LogP contribution in [-0.4, -0.2) is 32.2 Å². The molecule has 5 nitrogen and oxygen atoms in total. The average Bonchev–Trinajstić information content (AvgIpc) is 3.18. The summed E-state index contributed by atoms with van der Waals surface area (Å²) in [5.41, 5.74) is 0.822. The molecular weight excluding hydrogens is 418 g/mol. The Bertz CT molecular complexity index is 967. The van der Waals surface area contributed by atoms with Crippen molar-refractivity contribution in [3.8, 4) is 11.3 Å². The van der Waals surface area contributed by atoms with Gasteiger partial charge in [-0.3, -0.25) is 9.69 Å². The molecule has 28 heavy (non-hydrogen) atoms. The van der Waals surface area contributed by atoms with Gasteiger partial charge in [0.15, 0.2) is 0 Å². The molecule has 8 heteroatoms. The van der Waals surface area contributed by atoms with Crippen LogP contribution < -0.4 is 0 Å². The third kappa shape index (κ3) is 4.48. The van der Waals surface area contributed by atoms with Crippen molar-refractivity contribution in [3.05, 3.63) is 52.1 Å². The highest BCUT2D eigenvalue weighted by Gasteiger charge is 2.40. The van der Waals surface area contributed by atoms with E-state index in [1.807, 2.05) is 26.0 Å². The molecule has 1 aromatic heterocycles. The lowest BCUT2D eigenvalue weighted by Gasteiger charge is -2.24. The summed E-state index contributed by atoms with van der Waals surface area (Å²) >= 11 is 12.4. The van der Waals surface area contributed by atoms with Crippen molar-refractivity contribution in [1.29, 1.82) is 0 Å². The Morgan fingerprint density at radius 3 is 2.75 bits per heavy atom. The number of hydrogen-bond donors (Lipinski definition) is 1. The largest absolute Gasteiger partial charge is 0.480 e. The summed E-state index contributed by atoms with van der Waals surface area (Å²) in [7, 11) is 0. The van der Waals surface area contributed by atoms with E-state index in [2.05, 4.69) is 0 Å². The van der Waals surface area contributed by atoms with E-state index in [1.54, 1.807) is 30.3 Å². The Kier molecular flexibility index (Phi) is 6.27. The summed E-state index contributed by atoms with van der Waals surface area (Å²) in [6, 6.07) is 9.81. The number of thiocarbonyl (C=S) groups is 1. The van der Waals surface area contributed by atoms with Crippen LogP contribution in [0.25, 0.3) is 17.4 Å². The van der Waals surface area contributed by atoms with Gasteiger partial charge in [-0.25, -0.2) is 4.79 Å². The fourth-order valence-corrected chi connectivity index (χ4v) is 4.40. The number of aliphatic carboxylic acids is 1. The number of thioether (sulfide) groups is 1. The van der Waals surface area contributed by atoms with E-state index in [9.17, 15) is 14.7 Å². The first-order valence-corrected chi connectivity index (χ1v) is 10.2. The van der Waals surface area contributed by atoms with Crippen LogP contribution in [0.3, 0.4) is 0 Å². The SMILES string of the molecule is CC(C)CC(C(=O)O)N1C(=O)/C(=C\c2ccc(-c3cccc(Cl)c3)o2)SC1=S. The van der Waals surface area contributed by atoms with Crippen molar-refractivity contribution in [2.45, 2.75) is 26.3 Å². The van der Waals surface area contributed by atoms with Crippen molar-refractivity contribution < 1.29 is 19.1 Å². The van der Waals surface area contributed by atoms with E-state index in [1.165, 1.54) is 4.90 Å². The van der Waals surface area contributed by atoms with E-state index >= 15 is 0 Å². The number of carboxylic acids is 1. The number of furan rings is 1. The van der Waals surface area contributed by atoms with Gasteiger partial charge in [-0.15, -0.1) is 0 Å². The first kappa shape index (κ1) is 20.6. The van der Waals surface area contributed by atoms with Gasteiger partial charge in [0.25, 0.3) is 5.91 Å². The van der Waals surface area contributed by atoms with Crippen LogP contribution in [-0.2, 0) is 9.59 Å². The molecular formula is C20H18ClNO4S2. The van der Waals surface area contributed by atoms with Gasteiger partial charge in [-0.1, -0.05) is 61.6 Å². The molecule has 2 aromatic rings. The molecule has 3 rings (SSSR count). The van der Waals surface area contributed by atoms with Crippen molar-refractivity contribution in [3.63, 3.8) is 0 Å². The molecule has 0 spiro atoms. The van der Waals surface area contributed by atoms with E-state index in [0.29, 0.717) is 27.9 Å². The summed E-state index contributed by atoms with van der Waals surface area (Å²) in [5.74, 6) is -0.269. The van der Waals surface area contributed by atoms with E-state index in [-0.39, 0.29) is 10.2 Å². The summed E-state index contributed by atoms with van der Waals surface area (Å²) < 4.78 is 6.04. The molecule has 1 atom stereocenters. The fourth-order valence-electron chi connectivity index (χ4n) is 2.87. The lowest BCUT2D eigenvalue weighted by atomic mass is 10.0. The molecule has 1 aliphatic rings. The maximum Gasteiger partial charge on any atom is 0.326 e. The average molecular weight is 436 g/mol. The maximum atomic E-state index is 12.8. The molecule has 1 aliphatic heterocycles. The molecule has 0 radical (unpaired) electrons. The quantitative estimate of drug-likeness (QED) is 0.490. The van der Waals surface area contributed by atoms with E-state index in [4.69, 9.17) is 28.2 Å². The molecule has 2 heterocycles. The summed E-state index contributed by atoms with van der Waals surface area (Å²) in [6.45, 7) is 3.81. The van der Waals surface area contributed by atoms with Crippen LogP contribution in [0.2, 0.25) is 5.02 Å². The van der Waals surface area contributed by atoms with Crippen LogP contribution in [0.4, 0.5) is 0 Å². The third-order valence-electron chi connectivity index (χ3n) is 4.12. The van der Waals surface area contributed by atoms with Gasteiger partial charge in [-0.2, -0.15) is 0 Å². The summed E-state index contributed by atoms with van der Waals surface area (Å²) in [5, 5.41) is 10.1. The zero-order valence-electron chi connectivity index (χ0n) is 15.2. The van der Waals surface area contributed by atoms with Crippen LogP contribution >= 0.6 is 35.6 Å². The first-order valence-electron chi connectivity index (χ1n) is 8.62. The summed E-state index contributed by atoms with van der Waals surface area (Å²) in [4.78, 5) is 26.0. The summed E-state index contributed by atoms with van der Waals surface area (Å²) in [6.07, 6.45) is 1.91. The molecule has 1 fully saturated rings. The molecule has 0 saturated carbocycles. The zero-order chi connectivity index (χ0) is 20.4. The Hall–Kier alpha value is -2.09. The Labute approximate surface area is 177 Å². The van der Waals surface area contributed by atoms with Gasteiger partial charge in [0.1, 0.15) is 21.9 Å². The minimum absolute atomic E-state index is 0.111. The molecule has 0 bridgehead atoms. The number of nitrogens with zero attached hydrogens (tertiary/aromatic N) is 1. The van der Waals surface area contributed by atoms with Crippen molar-refractivity contribution >= 4 is 57.9 Å². The highest BCUT2D eigenvalue weighted by molar-refractivity contribution is 8.26. The fraction of sp³-hybridized carbons (Fsp3) is 0.250. The Morgan fingerprint density at radius 2 is 2.11 bits per heavy atom. The van der Waals surface area contributed by atoms with Crippen molar-refractivity contribution in [2.75, 3.05) is 0 Å². The Morgan fingerprint density at radius 1 is 1.36 bits per heavy atom. The minimum atomic E-state index is -1.06. The van der Waals surface area contributed by atoms with Gasteiger partial charge < -0.3 is 9.52 Å². The minimum Gasteiger partial charge on any atom is -0.480 e. The van der Waals surface area contributed by atoms with Crippen LogP contribution in [0.5, 0.6) is 0 Å². The molecule has 1 saturated heterocycles. The van der Waals surface area contributed by atoms with Crippen LogP contribution in [0.1, 0.15) is 26.0 Å². The molecule has 1 N–H and O–H groups in total.